The summed E-state index contributed by atoms with van der Waals surface area (Å²) in [7, 11) is 0. The number of phenolic OH excluding ortho intramolecular Hbond substituents is 1. The summed E-state index contributed by atoms with van der Waals surface area (Å²) >= 11 is 11.6. The third-order valence-electron chi connectivity index (χ3n) is 1.77. The first-order valence-corrected chi connectivity index (χ1v) is 4.46. The van der Waals surface area contributed by atoms with Gasteiger partial charge in [0.05, 0.1) is 5.02 Å². The summed E-state index contributed by atoms with van der Waals surface area (Å²) in [5.74, 6) is -0.0635. The fourth-order valence-electron chi connectivity index (χ4n) is 1.03. The molecule has 0 atom stereocenters. The van der Waals surface area contributed by atoms with E-state index >= 15 is 0 Å². The van der Waals surface area contributed by atoms with E-state index < -0.39 is 0 Å². The van der Waals surface area contributed by atoms with Gasteiger partial charge in [-0.3, -0.25) is 0 Å². The summed E-state index contributed by atoms with van der Waals surface area (Å²) < 4.78 is 0. The van der Waals surface area contributed by atoms with Crippen molar-refractivity contribution in [3.05, 3.63) is 27.2 Å². The van der Waals surface area contributed by atoms with Crippen molar-refractivity contribution in [3.63, 3.8) is 0 Å². The number of rotatable bonds is 2. The second kappa shape index (κ2) is 5.63. The summed E-state index contributed by atoms with van der Waals surface area (Å²) in [5.41, 5.74) is 12.1. The van der Waals surface area contributed by atoms with Crippen LogP contribution in [0.2, 0.25) is 10.0 Å². The Labute approximate surface area is 98.4 Å². The van der Waals surface area contributed by atoms with Gasteiger partial charge in [-0.05, 0) is 11.6 Å². The van der Waals surface area contributed by atoms with Crippen LogP contribution in [0.25, 0.3) is 0 Å². The van der Waals surface area contributed by atoms with Crippen molar-refractivity contribution >= 4 is 35.6 Å². The van der Waals surface area contributed by atoms with E-state index in [0.717, 1.165) is 0 Å². The molecule has 0 aromatic heterocycles. The zero-order chi connectivity index (χ0) is 10.0. The summed E-state index contributed by atoms with van der Waals surface area (Å²) in [6, 6.07) is 1.66. The lowest BCUT2D eigenvalue weighted by atomic mass is 10.1. The van der Waals surface area contributed by atoms with Crippen molar-refractivity contribution in [1.82, 2.24) is 0 Å². The molecule has 14 heavy (non-hydrogen) atoms. The molecule has 0 radical (unpaired) electrons. The van der Waals surface area contributed by atoms with Crippen LogP contribution in [0.5, 0.6) is 5.75 Å². The number of halogens is 3. The van der Waals surface area contributed by atoms with Crippen LogP contribution >= 0.6 is 35.6 Å². The van der Waals surface area contributed by atoms with Crippen molar-refractivity contribution in [2.45, 2.75) is 13.1 Å². The van der Waals surface area contributed by atoms with Gasteiger partial charge in [-0.15, -0.1) is 12.4 Å². The third-order valence-corrected chi connectivity index (χ3v) is 2.67. The molecule has 0 aliphatic carbocycles. The molecule has 0 unspecified atom stereocenters. The highest BCUT2D eigenvalue weighted by molar-refractivity contribution is 6.43. The van der Waals surface area contributed by atoms with Crippen LogP contribution in [0, 0.1) is 0 Å². The molecule has 0 spiro atoms. The van der Waals surface area contributed by atoms with Crippen LogP contribution in [0.4, 0.5) is 0 Å². The lowest BCUT2D eigenvalue weighted by molar-refractivity contribution is 0.468. The number of phenols is 1. The Bertz CT molecular complexity index is 303. The highest BCUT2D eigenvalue weighted by atomic mass is 35.5. The van der Waals surface area contributed by atoms with Crippen molar-refractivity contribution in [2.24, 2.45) is 11.5 Å². The molecule has 3 nitrogen and oxygen atoms in total. The highest BCUT2D eigenvalue weighted by Gasteiger charge is 2.12. The zero-order valence-electron chi connectivity index (χ0n) is 7.26. The topological polar surface area (TPSA) is 72.3 Å². The van der Waals surface area contributed by atoms with E-state index in [1.54, 1.807) is 6.07 Å². The normalized spacial score (nSPS) is 9.71. The molecule has 80 valence electrons. The Morgan fingerprint density at radius 3 is 2.00 bits per heavy atom. The predicted octanol–water partition coefficient (Wildman–Crippen LogP) is 2.04. The SMILES string of the molecule is Cl.NCc1cc(CN)c(Cl)c(Cl)c1O. The van der Waals surface area contributed by atoms with Crippen LogP contribution in [-0.4, -0.2) is 5.11 Å². The maximum atomic E-state index is 9.46. The highest BCUT2D eigenvalue weighted by Crippen LogP contribution is 2.36. The molecule has 5 N–H and O–H groups in total. The summed E-state index contributed by atoms with van der Waals surface area (Å²) in [6.45, 7) is 0.474. The van der Waals surface area contributed by atoms with Crippen LogP contribution in [0.3, 0.4) is 0 Å². The van der Waals surface area contributed by atoms with E-state index in [-0.39, 0.29) is 36.3 Å². The zero-order valence-corrected chi connectivity index (χ0v) is 9.59. The predicted molar refractivity (Wildman–Crippen MR) is 61.2 cm³/mol. The third kappa shape index (κ3) is 2.43. The number of nitrogens with two attached hydrogens (primary N) is 2. The largest absolute Gasteiger partial charge is 0.506 e. The van der Waals surface area contributed by atoms with Crippen LogP contribution in [-0.2, 0) is 13.1 Å². The van der Waals surface area contributed by atoms with Crippen molar-refractivity contribution in [2.75, 3.05) is 0 Å². The smallest absolute Gasteiger partial charge is 0.140 e. The van der Waals surface area contributed by atoms with E-state index in [0.29, 0.717) is 16.1 Å². The average molecular weight is 258 g/mol. The molecule has 1 aromatic carbocycles. The molecule has 0 saturated carbocycles. The van der Waals surface area contributed by atoms with Gasteiger partial charge in [0.25, 0.3) is 0 Å². The number of aromatic hydroxyl groups is 1. The van der Waals surface area contributed by atoms with Crippen LogP contribution in [0.15, 0.2) is 6.07 Å². The minimum atomic E-state index is -0.0635. The first-order chi connectivity index (χ1) is 6.11. The fourth-order valence-corrected chi connectivity index (χ4v) is 1.50. The van der Waals surface area contributed by atoms with Crippen LogP contribution < -0.4 is 11.5 Å². The Kier molecular flexibility index (Phi) is 5.56. The molecule has 0 aliphatic heterocycles. The molecule has 0 amide bonds. The molecule has 6 heteroatoms. The molecule has 0 heterocycles. The van der Waals surface area contributed by atoms with Gasteiger partial charge in [0.2, 0.25) is 0 Å². The number of hydrogen-bond donors (Lipinski definition) is 3. The second-order valence-corrected chi connectivity index (χ2v) is 3.34. The van der Waals surface area contributed by atoms with Gasteiger partial charge in [0.1, 0.15) is 10.8 Å². The van der Waals surface area contributed by atoms with Gasteiger partial charge in [0.15, 0.2) is 0 Å². The van der Waals surface area contributed by atoms with Gasteiger partial charge >= 0.3 is 0 Å². The number of hydrogen-bond acceptors (Lipinski definition) is 3. The average Bonchev–Trinajstić information content (AvgIpc) is 2.15. The second-order valence-electron chi connectivity index (χ2n) is 2.58. The first kappa shape index (κ1) is 13.8. The van der Waals surface area contributed by atoms with Crippen molar-refractivity contribution in [3.8, 4) is 5.75 Å². The summed E-state index contributed by atoms with van der Waals surface area (Å²) in [4.78, 5) is 0. The van der Waals surface area contributed by atoms with E-state index in [1.165, 1.54) is 0 Å². The van der Waals surface area contributed by atoms with E-state index in [9.17, 15) is 5.11 Å². The lowest BCUT2D eigenvalue weighted by Crippen LogP contribution is -2.03. The van der Waals surface area contributed by atoms with Gasteiger partial charge in [-0.25, -0.2) is 0 Å². The Morgan fingerprint density at radius 2 is 1.57 bits per heavy atom. The quantitative estimate of drug-likeness (QED) is 0.759. The van der Waals surface area contributed by atoms with Crippen molar-refractivity contribution in [1.29, 1.82) is 0 Å². The number of benzene rings is 1. The summed E-state index contributed by atoms with van der Waals surface area (Å²) in [5, 5.41) is 9.87. The molecule has 0 bridgehead atoms. The van der Waals surface area contributed by atoms with Gasteiger partial charge < -0.3 is 16.6 Å². The molecule has 0 saturated heterocycles. The molecule has 0 aliphatic rings. The van der Waals surface area contributed by atoms with Crippen LogP contribution in [0.1, 0.15) is 11.1 Å². The van der Waals surface area contributed by atoms with Gasteiger partial charge in [0, 0.05) is 18.7 Å². The molecule has 1 rings (SSSR count). The maximum absolute atomic E-state index is 9.46. The molecule has 0 fully saturated rings. The Balaban J connectivity index is 0.00000169. The Hall–Kier alpha value is -0.190. The lowest BCUT2D eigenvalue weighted by Gasteiger charge is -2.09. The maximum Gasteiger partial charge on any atom is 0.140 e. The standard InChI is InChI=1S/C8H10Cl2N2O.ClH/c9-6-4(2-11)1-5(3-12)8(13)7(6)10;/h1,13H,2-3,11-12H2;1H. The summed E-state index contributed by atoms with van der Waals surface area (Å²) in [6.07, 6.45) is 0. The minimum Gasteiger partial charge on any atom is -0.506 e. The molecular weight excluding hydrogens is 246 g/mol. The minimum absolute atomic E-state index is 0. The van der Waals surface area contributed by atoms with Gasteiger partial charge in [-0.2, -0.15) is 0 Å². The first-order valence-electron chi connectivity index (χ1n) is 3.70. The van der Waals surface area contributed by atoms with Crippen molar-refractivity contribution < 1.29 is 5.11 Å². The van der Waals surface area contributed by atoms with E-state index in [2.05, 4.69) is 0 Å². The van der Waals surface area contributed by atoms with E-state index in [1.807, 2.05) is 0 Å². The van der Waals surface area contributed by atoms with Gasteiger partial charge in [-0.1, -0.05) is 23.2 Å². The molecular formula is C8H11Cl3N2O. The van der Waals surface area contributed by atoms with E-state index in [4.69, 9.17) is 34.7 Å². The monoisotopic (exact) mass is 256 g/mol. The Morgan fingerprint density at radius 1 is 1.07 bits per heavy atom. The molecule has 1 aromatic rings. The fraction of sp³-hybridized carbons (Fsp3) is 0.250.